The number of rotatable bonds is 5. The highest BCUT2D eigenvalue weighted by atomic mass is 32.2. The van der Waals surface area contributed by atoms with Crippen LogP contribution in [0.4, 0.5) is 0 Å². The van der Waals surface area contributed by atoms with Crippen LogP contribution in [0.3, 0.4) is 0 Å². The summed E-state index contributed by atoms with van der Waals surface area (Å²) < 4.78 is 27.5. The number of thiophene rings is 1. The van der Waals surface area contributed by atoms with Gasteiger partial charge >= 0.3 is 0 Å². The fourth-order valence-corrected chi connectivity index (χ4v) is 4.77. The average Bonchev–Trinajstić information content (AvgIpc) is 3.03. The molecule has 0 fully saturated rings. The number of aromatic amines is 1. The zero-order valence-corrected chi connectivity index (χ0v) is 15.1. The molecule has 2 N–H and O–H groups in total. The molecule has 2 aromatic heterocycles. The van der Waals surface area contributed by atoms with E-state index in [-0.39, 0.29) is 16.3 Å². The van der Waals surface area contributed by atoms with Crippen molar-refractivity contribution < 1.29 is 8.42 Å². The minimum Gasteiger partial charge on any atom is -0.322 e. The lowest BCUT2D eigenvalue weighted by Crippen LogP contribution is -2.26. The maximum Gasteiger partial charge on any atom is 0.252 e. The number of hydrogen-bond acceptors (Lipinski definition) is 4. The summed E-state index contributed by atoms with van der Waals surface area (Å²) >= 11 is 1.25. The van der Waals surface area contributed by atoms with E-state index in [1.807, 2.05) is 38.1 Å². The quantitative estimate of drug-likeness (QED) is 0.732. The van der Waals surface area contributed by atoms with E-state index in [4.69, 9.17) is 0 Å². The highest BCUT2D eigenvalue weighted by molar-refractivity contribution is 7.91. The van der Waals surface area contributed by atoms with Crippen LogP contribution in [0.25, 0.3) is 10.9 Å². The maximum absolute atomic E-state index is 12.3. The Hall–Kier alpha value is -1.96. The first kappa shape index (κ1) is 16.9. The summed E-state index contributed by atoms with van der Waals surface area (Å²) in [6, 6.07) is 10.9. The standard InChI is InChI=1S/C17H18N2O3S2/c1-3-14-6-7-16(23-14)24(21,22)18-10-13-9-12-5-4-11(2)8-15(12)19-17(13)20/h4-9,18H,3,10H2,1-2H3,(H,19,20). The first-order valence-electron chi connectivity index (χ1n) is 7.60. The van der Waals surface area contributed by atoms with Gasteiger partial charge < -0.3 is 4.98 Å². The third-order valence-corrected chi connectivity index (χ3v) is 6.90. The first-order valence-corrected chi connectivity index (χ1v) is 9.90. The Labute approximate surface area is 144 Å². The van der Waals surface area contributed by atoms with Crippen LogP contribution >= 0.6 is 11.3 Å². The zero-order chi connectivity index (χ0) is 17.3. The second-order valence-electron chi connectivity index (χ2n) is 5.61. The lowest BCUT2D eigenvalue weighted by Gasteiger charge is -2.06. The molecule has 5 nitrogen and oxygen atoms in total. The molecule has 2 heterocycles. The monoisotopic (exact) mass is 362 g/mol. The van der Waals surface area contributed by atoms with Gasteiger partial charge in [-0.3, -0.25) is 4.79 Å². The van der Waals surface area contributed by atoms with Crippen molar-refractivity contribution >= 4 is 32.3 Å². The minimum atomic E-state index is -3.61. The van der Waals surface area contributed by atoms with Gasteiger partial charge in [-0.25, -0.2) is 13.1 Å². The lowest BCUT2D eigenvalue weighted by molar-refractivity contribution is 0.583. The van der Waals surface area contributed by atoms with Crippen molar-refractivity contribution in [3.05, 3.63) is 62.8 Å². The molecule has 3 rings (SSSR count). The van der Waals surface area contributed by atoms with Crippen LogP contribution in [0.1, 0.15) is 22.9 Å². The molecule has 1 aromatic carbocycles. The van der Waals surface area contributed by atoms with Crippen molar-refractivity contribution in [1.82, 2.24) is 9.71 Å². The van der Waals surface area contributed by atoms with Gasteiger partial charge in [-0.15, -0.1) is 11.3 Å². The molecule has 0 saturated heterocycles. The largest absolute Gasteiger partial charge is 0.322 e. The molecule has 0 radical (unpaired) electrons. The number of nitrogens with one attached hydrogen (secondary N) is 2. The summed E-state index contributed by atoms with van der Waals surface area (Å²) in [6.07, 6.45) is 0.796. The molecular formula is C17H18N2O3S2. The molecule has 0 atom stereocenters. The zero-order valence-electron chi connectivity index (χ0n) is 13.4. The van der Waals surface area contributed by atoms with Crippen molar-refractivity contribution in [2.75, 3.05) is 0 Å². The van der Waals surface area contributed by atoms with Gasteiger partial charge in [0.15, 0.2) is 0 Å². The molecule has 0 amide bonds. The Kier molecular flexibility index (Phi) is 4.58. The van der Waals surface area contributed by atoms with Gasteiger partial charge in [0, 0.05) is 22.5 Å². The normalized spacial score (nSPS) is 11.9. The van der Waals surface area contributed by atoms with Crippen molar-refractivity contribution in [3.8, 4) is 0 Å². The van der Waals surface area contributed by atoms with Crippen molar-refractivity contribution in [1.29, 1.82) is 0 Å². The Balaban J connectivity index is 1.86. The second-order valence-corrected chi connectivity index (χ2v) is 8.78. The molecule has 0 bridgehead atoms. The number of sulfonamides is 1. The number of H-pyrrole nitrogens is 1. The van der Waals surface area contributed by atoms with Gasteiger partial charge in [-0.2, -0.15) is 0 Å². The summed E-state index contributed by atoms with van der Waals surface area (Å²) in [5, 5.41) is 0.874. The van der Waals surface area contributed by atoms with E-state index in [0.29, 0.717) is 5.56 Å². The van der Waals surface area contributed by atoms with E-state index < -0.39 is 10.0 Å². The topological polar surface area (TPSA) is 79.0 Å². The van der Waals surface area contributed by atoms with Crippen LogP contribution < -0.4 is 10.3 Å². The number of aryl methyl sites for hydroxylation is 2. The van der Waals surface area contributed by atoms with E-state index in [1.54, 1.807) is 12.1 Å². The average molecular weight is 362 g/mol. The highest BCUT2D eigenvalue weighted by Gasteiger charge is 2.17. The molecule has 3 aromatic rings. The van der Waals surface area contributed by atoms with E-state index in [1.165, 1.54) is 11.3 Å². The van der Waals surface area contributed by atoms with Crippen LogP contribution in [0, 0.1) is 6.92 Å². The number of hydrogen-bond donors (Lipinski definition) is 2. The van der Waals surface area contributed by atoms with Gasteiger partial charge in [-0.05, 0) is 48.6 Å². The van der Waals surface area contributed by atoms with Crippen LogP contribution in [-0.2, 0) is 23.0 Å². The fraction of sp³-hybridized carbons (Fsp3) is 0.235. The third-order valence-electron chi connectivity index (χ3n) is 3.78. The molecule has 126 valence electrons. The Morgan fingerprint density at radius 3 is 2.67 bits per heavy atom. The Morgan fingerprint density at radius 2 is 1.96 bits per heavy atom. The predicted molar refractivity (Wildman–Crippen MR) is 97.0 cm³/mol. The molecule has 0 unspecified atom stereocenters. The Bertz CT molecular complexity index is 1050. The molecule has 24 heavy (non-hydrogen) atoms. The summed E-state index contributed by atoms with van der Waals surface area (Å²) in [5.74, 6) is 0. The predicted octanol–water partition coefficient (Wildman–Crippen LogP) is 2.94. The van der Waals surface area contributed by atoms with Crippen LogP contribution in [0.2, 0.25) is 0 Å². The first-order chi connectivity index (χ1) is 11.4. The number of aromatic nitrogens is 1. The summed E-state index contributed by atoms with van der Waals surface area (Å²) in [4.78, 5) is 16.0. The molecular weight excluding hydrogens is 344 g/mol. The molecule has 0 aliphatic rings. The summed E-state index contributed by atoms with van der Waals surface area (Å²) in [6.45, 7) is 3.89. The second kappa shape index (κ2) is 6.51. The number of pyridine rings is 1. The Morgan fingerprint density at radius 1 is 1.17 bits per heavy atom. The van der Waals surface area contributed by atoms with E-state index in [2.05, 4.69) is 9.71 Å². The molecule has 0 aliphatic carbocycles. The van der Waals surface area contributed by atoms with Crippen molar-refractivity contribution in [2.45, 2.75) is 31.0 Å². The molecule has 0 saturated carbocycles. The van der Waals surface area contributed by atoms with Gasteiger partial charge in [-0.1, -0.05) is 19.1 Å². The molecule has 0 spiro atoms. The minimum absolute atomic E-state index is 0.0408. The van der Waals surface area contributed by atoms with Crippen LogP contribution in [-0.4, -0.2) is 13.4 Å². The van der Waals surface area contributed by atoms with E-state index >= 15 is 0 Å². The number of benzene rings is 1. The van der Waals surface area contributed by atoms with Gasteiger partial charge in [0.05, 0.1) is 0 Å². The van der Waals surface area contributed by atoms with Gasteiger partial charge in [0.1, 0.15) is 4.21 Å². The SMILES string of the molecule is CCc1ccc(S(=O)(=O)NCc2cc3ccc(C)cc3[nH]c2=O)s1. The van der Waals surface area contributed by atoms with Gasteiger partial charge in [0.25, 0.3) is 5.56 Å². The van der Waals surface area contributed by atoms with E-state index in [0.717, 1.165) is 27.8 Å². The van der Waals surface area contributed by atoms with Crippen molar-refractivity contribution in [3.63, 3.8) is 0 Å². The number of fused-ring (bicyclic) bond motifs is 1. The highest BCUT2D eigenvalue weighted by Crippen LogP contribution is 2.22. The summed E-state index contributed by atoms with van der Waals surface area (Å²) in [5.41, 5.74) is 1.91. The van der Waals surface area contributed by atoms with Gasteiger partial charge in [0.2, 0.25) is 10.0 Å². The van der Waals surface area contributed by atoms with Crippen LogP contribution in [0.5, 0.6) is 0 Å². The summed E-state index contributed by atoms with van der Waals surface area (Å²) in [7, 11) is -3.61. The third kappa shape index (κ3) is 3.43. The van der Waals surface area contributed by atoms with Crippen molar-refractivity contribution in [2.24, 2.45) is 0 Å². The van der Waals surface area contributed by atoms with Crippen LogP contribution in [0.15, 0.2) is 45.4 Å². The van der Waals surface area contributed by atoms with E-state index in [9.17, 15) is 13.2 Å². The maximum atomic E-state index is 12.3. The lowest BCUT2D eigenvalue weighted by atomic mass is 10.1. The molecule has 7 heteroatoms. The fourth-order valence-electron chi connectivity index (χ4n) is 2.43. The molecule has 0 aliphatic heterocycles. The smallest absolute Gasteiger partial charge is 0.252 e.